The molecule has 0 saturated heterocycles. The highest BCUT2D eigenvalue weighted by Gasteiger charge is 2.25. The second kappa shape index (κ2) is 4.16. The van der Waals surface area contributed by atoms with Gasteiger partial charge in [0.15, 0.2) is 0 Å². The molecule has 0 amide bonds. The van der Waals surface area contributed by atoms with E-state index in [-0.39, 0.29) is 0 Å². The smallest absolute Gasteiger partial charge is 0.337 e. The Labute approximate surface area is 95.7 Å². The Balaban J connectivity index is 2.36. The first-order valence-electron chi connectivity index (χ1n) is 5.66. The van der Waals surface area contributed by atoms with Crippen LogP contribution in [-0.2, 0) is 0 Å². The van der Waals surface area contributed by atoms with Crippen molar-refractivity contribution < 1.29 is 9.90 Å². The van der Waals surface area contributed by atoms with Crippen LogP contribution in [0.2, 0.25) is 0 Å². The molecular weight excluding hydrogens is 202 g/mol. The number of carboxylic acid groups (broad SMARTS) is 1. The van der Waals surface area contributed by atoms with Gasteiger partial charge in [0, 0.05) is 13.1 Å². The average molecular weight is 219 g/mol. The van der Waals surface area contributed by atoms with E-state index >= 15 is 0 Å². The molecule has 16 heavy (non-hydrogen) atoms. The number of rotatable bonds is 3. The van der Waals surface area contributed by atoms with Gasteiger partial charge in [0.2, 0.25) is 0 Å². The summed E-state index contributed by atoms with van der Waals surface area (Å²) in [5, 5.41) is 9.15. The molecule has 1 aliphatic carbocycles. The van der Waals surface area contributed by atoms with Crippen LogP contribution >= 0.6 is 0 Å². The summed E-state index contributed by atoms with van der Waals surface area (Å²) in [5.41, 5.74) is 2.35. The normalized spacial score (nSPS) is 15.6. The molecule has 0 atom stereocenters. The molecule has 1 aromatic rings. The maximum atomic E-state index is 11.1. The van der Waals surface area contributed by atoms with Crippen LogP contribution in [0.5, 0.6) is 0 Å². The third kappa shape index (κ3) is 1.90. The minimum atomic E-state index is -0.846. The van der Waals surface area contributed by atoms with Gasteiger partial charge in [-0.15, -0.1) is 0 Å². The number of hydrogen-bond acceptors (Lipinski definition) is 2. The molecule has 3 heteroatoms. The maximum absolute atomic E-state index is 11.1. The molecule has 0 aliphatic heterocycles. The lowest BCUT2D eigenvalue weighted by Crippen LogP contribution is -2.37. The van der Waals surface area contributed by atoms with E-state index in [0.29, 0.717) is 11.6 Å². The van der Waals surface area contributed by atoms with Crippen LogP contribution in [0.4, 0.5) is 5.69 Å². The molecule has 3 nitrogen and oxygen atoms in total. The fourth-order valence-corrected chi connectivity index (χ4v) is 2.09. The second-order valence-corrected chi connectivity index (χ2v) is 4.52. The number of aromatic carboxylic acids is 1. The Morgan fingerprint density at radius 3 is 2.62 bits per heavy atom. The highest BCUT2D eigenvalue weighted by molar-refractivity contribution is 5.94. The van der Waals surface area contributed by atoms with Crippen molar-refractivity contribution >= 4 is 11.7 Å². The van der Waals surface area contributed by atoms with Crippen molar-refractivity contribution in [2.45, 2.75) is 32.2 Å². The maximum Gasteiger partial charge on any atom is 0.337 e. The van der Waals surface area contributed by atoms with Crippen molar-refractivity contribution in [1.29, 1.82) is 0 Å². The van der Waals surface area contributed by atoms with Crippen molar-refractivity contribution in [3.63, 3.8) is 0 Å². The van der Waals surface area contributed by atoms with E-state index in [2.05, 4.69) is 4.90 Å². The summed E-state index contributed by atoms with van der Waals surface area (Å²) < 4.78 is 0. The number of aryl methyl sites for hydroxylation is 1. The minimum absolute atomic E-state index is 0.403. The molecule has 0 bridgehead atoms. The van der Waals surface area contributed by atoms with E-state index in [9.17, 15) is 4.79 Å². The Kier molecular flexibility index (Phi) is 2.86. The summed E-state index contributed by atoms with van der Waals surface area (Å²) in [4.78, 5) is 13.3. The van der Waals surface area contributed by atoms with Crippen molar-refractivity contribution in [2.24, 2.45) is 0 Å². The number of anilines is 1. The highest BCUT2D eigenvalue weighted by Crippen LogP contribution is 2.30. The second-order valence-electron chi connectivity index (χ2n) is 4.52. The van der Waals surface area contributed by atoms with Crippen LogP contribution in [0.25, 0.3) is 0 Å². The van der Waals surface area contributed by atoms with E-state index < -0.39 is 5.97 Å². The molecule has 1 saturated carbocycles. The number of nitrogens with zero attached hydrogens (tertiary/aromatic N) is 1. The van der Waals surface area contributed by atoms with Gasteiger partial charge in [0.25, 0.3) is 0 Å². The number of benzene rings is 1. The standard InChI is InChI=1S/C13H17NO2/c1-9-6-7-11(13(15)16)12(8-9)14(2)10-4-3-5-10/h6-8,10H,3-5H2,1-2H3,(H,15,16). The highest BCUT2D eigenvalue weighted by atomic mass is 16.4. The summed E-state index contributed by atoms with van der Waals surface area (Å²) in [6.45, 7) is 1.99. The summed E-state index contributed by atoms with van der Waals surface area (Å²) in [5.74, 6) is -0.846. The predicted octanol–water partition coefficient (Wildman–Crippen LogP) is 2.68. The van der Waals surface area contributed by atoms with Gasteiger partial charge < -0.3 is 10.0 Å². The summed E-state index contributed by atoms with van der Waals surface area (Å²) in [7, 11) is 1.99. The molecular formula is C13H17NO2. The first-order chi connectivity index (χ1) is 7.59. The number of carboxylic acids is 1. The van der Waals surface area contributed by atoms with E-state index in [1.54, 1.807) is 6.07 Å². The molecule has 2 rings (SSSR count). The summed E-state index contributed by atoms with van der Waals surface area (Å²) in [6.07, 6.45) is 3.59. The molecule has 0 spiro atoms. The van der Waals surface area contributed by atoms with Crippen molar-refractivity contribution in [2.75, 3.05) is 11.9 Å². The van der Waals surface area contributed by atoms with E-state index in [4.69, 9.17) is 5.11 Å². The quantitative estimate of drug-likeness (QED) is 0.849. The molecule has 0 radical (unpaired) electrons. The third-order valence-corrected chi connectivity index (χ3v) is 3.39. The van der Waals surface area contributed by atoms with Gasteiger partial charge in [-0.05, 0) is 43.9 Å². The molecule has 0 heterocycles. The minimum Gasteiger partial charge on any atom is -0.478 e. The van der Waals surface area contributed by atoms with Crippen molar-refractivity contribution in [3.05, 3.63) is 29.3 Å². The lowest BCUT2D eigenvalue weighted by Gasteiger charge is -2.37. The van der Waals surface area contributed by atoms with Gasteiger partial charge in [-0.2, -0.15) is 0 Å². The van der Waals surface area contributed by atoms with Gasteiger partial charge in [-0.3, -0.25) is 0 Å². The number of carbonyl (C=O) groups is 1. The lowest BCUT2D eigenvalue weighted by molar-refractivity contribution is 0.0697. The van der Waals surface area contributed by atoms with Gasteiger partial charge in [-0.25, -0.2) is 4.79 Å². The van der Waals surface area contributed by atoms with Crippen LogP contribution in [0.15, 0.2) is 18.2 Å². The van der Waals surface area contributed by atoms with Crippen LogP contribution in [-0.4, -0.2) is 24.2 Å². The predicted molar refractivity (Wildman–Crippen MR) is 64.2 cm³/mol. The first-order valence-corrected chi connectivity index (χ1v) is 5.66. The van der Waals surface area contributed by atoms with Crippen molar-refractivity contribution in [1.82, 2.24) is 0 Å². The van der Waals surface area contributed by atoms with Crippen LogP contribution in [0.1, 0.15) is 35.2 Å². The lowest BCUT2D eigenvalue weighted by atomic mass is 9.91. The summed E-state index contributed by atoms with van der Waals surface area (Å²) >= 11 is 0. The SMILES string of the molecule is Cc1ccc(C(=O)O)c(N(C)C2CCC2)c1. The molecule has 0 unspecified atom stereocenters. The van der Waals surface area contributed by atoms with Gasteiger partial charge >= 0.3 is 5.97 Å². The molecule has 1 N–H and O–H groups in total. The zero-order chi connectivity index (χ0) is 11.7. The molecule has 0 aromatic heterocycles. The van der Waals surface area contributed by atoms with Crippen LogP contribution in [0, 0.1) is 6.92 Å². The average Bonchev–Trinajstić information content (AvgIpc) is 2.14. The Hall–Kier alpha value is -1.51. The monoisotopic (exact) mass is 219 g/mol. The Morgan fingerprint density at radius 1 is 1.44 bits per heavy atom. The Bertz CT molecular complexity index is 410. The van der Waals surface area contributed by atoms with E-state index in [1.807, 2.05) is 26.1 Å². The van der Waals surface area contributed by atoms with Crippen LogP contribution in [0.3, 0.4) is 0 Å². The largest absolute Gasteiger partial charge is 0.478 e. The molecule has 86 valence electrons. The van der Waals surface area contributed by atoms with Gasteiger partial charge in [0.1, 0.15) is 0 Å². The fraction of sp³-hybridized carbons (Fsp3) is 0.462. The zero-order valence-electron chi connectivity index (χ0n) is 9.73. The van der Waals surface area contributed by atoms with E-state index in [0.717, 1.165) is 11.3 Å². The summed E-state index contributed by atoms with van der Waals surface area (Å²) in [6, 6.07) is 6.02. The van der Waals surface area contributed by atoms with Crippen molar-refractivity contribution in [3.8, 4) is 0 Å². The molecule has 1 fully saturated rings. The third-order valence-electron chi connectivity index (χ3n) is 3.39. The molecule has 1 aliphatic rings. The topological polar surface area (TPSA) is 40.5 Å². The molecule has 1 aromatic carbocycles. The Morgan fingerprint density at radius 2 is 2.12 bits per heavy atom. The number of hydrogen-bond donors (Lipinski definition) is 1. The van der Waals surface area contributed by atoms with Gasteiger partial charge in [-0.1, -0.05) is 6.07 Å². The fourth-order valence-electron chi connectivity index (χ4n) is 2.09. The zero-order valence-corrected chi connectivity index (χ0v) is 9.73. The van der Waals surface area contributed by atoms with Gasteiger partial charge in [0.05, 0.1) is 11.3 Å². The first kappa shape index (κ1) is 11.0. The van der Waals surface area contributed by atoms with E-state index in [1.165, 1.54) is 19.3 Å². The van der Waals surface area contributed by atoms with Crippen LogP contribution < -0.4 is 4.90 Å².